The molecule has 1 aliphatic rings. The summed E-state index contributed by atoms with van der Waals surface area (Å²) in [4.78, 5) is 18.5. The fraction of sp³-hybridized carbons (Fsp3) is 0.636. The maximum absolute atomic E-state index is 11.0. The third kappa shape index (κ3) is 2.89. The SMILES string of the molecule is CNc1ncc([N+](=O)[O-])c(NCC2(SC)CCC2)n1. The molecule has 1 heterocycles. The van der Waals surface area contributed by atoms with E-state index >= 15 is 0 Å². The summed E-state index contributed by atoms with van der Waals surface area (Å²) in [6.45, 7) is 0.690. The number of hydrogen-bond acceptors (Lipinski definition) is 7. The lowest BCUT2D eigenvalue weighted by molar-refractivity contribution is -0.384. The molecule has 0 saturated heterocycles. The largest absolute Gasteiger partial charge is 0.363 e. The van der Waals surface area contributed by atoms with Crippen LogP contribution in [0.2, 0.25) is 0 Å². The summed E-state index contributed by atoms with van der Waals surface area (Å²) in [5.41, 5.74) is -0.0884. The second-order valence-corrected chi connectivity index (χ2v) is 5.80. The summed E-state index contributed by atoms with van der Waals surface area (Å²) >= 11 is 1.81. The number of anilines is 2. The molecule has 2 rings (SSSR count). The smallest absolute Gasteiger partial charge is 0.329 e. The predicted octanol–water partition coefficient (Wildman–Crippen LogP) is 2.12. The van der Waals surface area contributed by atoms with Crippen LogP contribution in [0.4, 0.5) is 17.5 Å². The molecule has 0 bridgehead atoms. The Hall–Kier alpha value is -1.57. The van der Waals surface area contributed by atoms with Crippen molar-refractivity contribution in [2.45, 2.75) is 24.0 Å². The van der Waals surface area contributed by atoms with Crippen LogP contribution in [-0.4, -0.2) is 39.5 Å². The molecule has 0 atom stereocenters. The van der Waals surface area contributed by atoms with Crippen LogP contribution in [0.3, 0.4) is 0 Å². The van der Waals surface area contributed by atoms with Gasteiger partial charge in [-0.2, -0.15) is 16.7 Å². The third-order valence-electron chi connectivity index (χ3n) is 3.47. The van der Waals surface area contributed by atoms with E-state index < -0.39 is 4.92 Å². The maximum Gasteiger partial charge on any atom is 0.329 e. The van der Waals surface area contributed by atoms with Crippen LogP contribution in [0.15, 0.2) is 6.20 Å². The number of hydrogen-bond donors (Lipinski definition) is 2. The predicted molar refractivity (Wildman–Crippen MR) is 76.8 cm³/mol. The summed E-state index contributed by atoms with van der Waals surface area (Å²) in [5, 5.41) is 16.9. The van der Waals surface area contributed by atoms with Crippen molar-refractivity contribution >= 4 is 29.2 Å². The van der Waals surface area contributed by atoms with Crippen molar-refractivity contribution in [2.75, 3.05) is 30.5 Å². The number of nitro groups is 1. The first-order valence-corrected chi connectivity index (χ1v) is 7.31. The molecule has 0 spiro atoms. The van der Waals surface area contributed by atoms with Gasteiger partial charge in [0.25, 0.3) is 0 Å². The number of nitrogens with zero attached hydrogens (tertiary/aromatic N) is 3. The first-order valence-electron chi connectivity index (χ1n) is 6.08. The Morgan fingerprint density at radius 2 is 2.32 bits per heavy atom. The van der Waals surface area contributed by atoms with Crippen molar-refractivity contribution in [2.24, 2.45) is 0 Å². The zero-order valence-electron chi connectivity index (χ0n) is 11.0. The van der Waals surface area contributed by atoms with Gasteiger partial charge in [-0.3, -0.25) is 10.1 Å². The lowest BCUT2D eigenvalue weighted by Crippen LogP contribution is -2.40. The minimum Gasteiger partial charge on any atom is -0.363 e. The van der Waals surface area contributed by atoms with Crippen LogP contribution in [0.5, 0.6) is 0 Å². The molecule has 8 heteroatoms. The van der Waals surface area contributed by atoms with Gasteiger partial charge in [-0.25, -0.2) is 4.98 Å². The zero-order valence-corrected chi connectivity index (χ0v) is 11.8. The van der Waals surface area contributed by atoms with Gasteiger partial charge >= 0.3 is 5.69 Å². The topological polar surface area (TPSA) is 93.0 Å². The van der Waals surface area contributed by atoms with Crippen LogP contribution in [0.25, 0.3) is 0 Å². The highest BCUT2D eigenvalue weighted by Crippen LogP contribution is 2.43. The Morgan fingerprint density at radius 1 is 1.58 bits per heavy atom. The number of thioether (sulfide) groups is 1. The van der Waals surface area contributed by atoms with Gasteiger partial charge in [0, 0.05) is 18.3 Å². The van der Waals surface area contributed by atoms with Crippen molar-refractivity contribution in [1.82, 2.24) is 9.97 Å². The maximum atomic E-state index is 11.0. The van der Waals surface area contributed by atoms with Crippen LogP contribution in [-0.2, 0) is 0 Å². The molecular weight excluding hydrogens is 266 g/mol. The highest BCUT2D eigenvalue weighted by atomic mass is 32.2. The van der Waals surface area contributed by atoms with E-state index in [9.17, 15) is 10.1 Å². The first-order chi connectivity index (χ1) is 9.10. The summed E-state index contributed by atoms with van der Waals surface area (Å²) < 4.78 is 0.193. The summed E-state index contributed by atoms with van der Waals surface area (Å²) in [6.07, 6.45) is 6.80. The van der Waals surface area contributed by atoms with E-state index in [1.807, 2.05) is 11.8 Å². The van der Waals surface area contributed by atoms with Crippen molar-refractivity contribution in [3.63, 3.8) is 0 Å². The van der Waals surface area contributed by atoms with Crippen LogP contribution >= 0.6 is 11.8 Å². The molecule has 2 N–H and O–H groups in total. The van der Waals surface area contributed by atoms with E-state index in [1.54, 1.807) is 7.05 Å². The van der Waals surface area contributed by atoms with Gasteiger partial charge in [-0.15, -0.1) is 0 Å². The summed E-state index contributed by atoms with van der Waals surface area (Å²) in [7, 11) is 1.68. The van der Waals surface area contributed by atoms with Crippen molar-refractivity contribution in [3.05, 3.63) is 16.3 Å². The molecule has 0 unspecified atom stereocenters. The highest BCUT2D eigenvalue weighted by molar-refractivity contribution is 8.00. The summed E-state index contributed by atoms with van der Waals surface area (Å²) in [6, 6.07) is 0. The van der Waals surface area contributed by atoms with E-state index in [1.165, 1.54) is 12.6 Å². The first kappa shape index (κ1) is 13.9. The van der Waals surface area contributed by atoms with Crippen molar-refractivity contribution in [3.8, 4) is 0 Å². The molecule has 7 nitrogen and oxygen atoms in total. The molecule has 1 aromatic heterocycles. The van der Waals surface area contributed by atoms with Crippen LogP contribution in [0.1, 0.15) is 19.3 Å². The Balaban J connectivity index is 2.15. The van der Waals surface area contributed by atoms with Gasteiger partial charge < -0.3 is 10.6 Å². The molecule has 1 fully saturated rings. The number of nitrogens with one attached hydrogen (secondary N) is 2. The van der Waals surface area contributed by atoms with Crippen molar-refractivity contribution < 1.29 is 4.92 Å². The standard InChI is InChI=1S/C11H17N5O2S/c1-12-10-13-6-8(16(17)18)9(15-10)14-7-11(19-2)4-3-5-11/h6H,3-5,7H2,1-2H3,(H2,12,13,14,15). The molecule has 1 saturated carbocycles. The molecule has 1 aliphatic carbocycles. The lowest BCUT2D eigenvalue weighted by atomic mass is 9.84. The molecular formula is C11H17N5O2S. The lowest BCUT2D eigenvalue weighted by Gasteiger charge is -2.40. The minimum absolute atomic E-state index is 0.0884. The average molecular weight is 283 g/mol. The minimum atomic E-state index is -0.464. The van der Waals surface area contributed by atoms with Gasteiger partial charge in [0.1, 0.15) is 6.20 Å². The zero-order chi connectivity index (χ0) is 13.9. The van der Waals surface area contributed by atoms with E-state index in [-0.39, 0.29) is 16.3 Å². The number of rotatable bonds is 6. The monoisotopic (exact) mass is 283 g/mol. The highest BCUT2D eigenvalue weighted by Gasteiger charge is 2.36. The summed E-state index contributed by atoms with van der Waals surface area (Å²) in [5.74, 6) is 0.657. The second-order valence-electron chi connectivity index (χ2n) is 4.53. The molecule has 0 amide bonds. The van der Waals surface area contributed by atoms with Gasteiger partial charge in [0.05, 0.1) is 4.92 Å². The Labute approximate surface area is 115 Å². The Morgan fingerprint density at radius 3 is 2.79 bits per heavy atom. The second kappa shape index (κ2) is 5.60. The van der Waals surface area contributed by atoms with Crippen molar-refractivity contribution in [1.29, 1.82) is 0 Å². The van der Waals surface area contributed by atoms with Gasteiger partial charge in [0.15, 0.2) is 0 Å². The fourth-order valence-electron chi connectivity index (χ4n) is 2.03. The van der Waals surface area contributed by atoms with E-state index in [0.717, 1.165) is 12.8 Å². The average Bonchev–Trinajstić information content (AvgIpc) is 2.37. The molecule has 0 aliphatic heterocycles. The molecule has 1 aromatic rings. The number of aromatic nitrogens is 2. The molecule has 19 heavy (non-hydrogen) atoms. The van der Waals surface area contributed by atoms with E-state index in [2.05, 4.69) is 26.9 Å². The van der Waals surface area contributed by atoms with Crippen LogP contribution < -0.4 is 10.6 Å². The quantitative estimate of drug-likeness (QED) is 0.610. The molecule has 104 valence electrons. The third-order valence-corrected chi connectivity index (χ3v) is 4.88. The Bertz CT molecular complexity index is 473. The van der Waals surface area contributed by atoms with Gasteiger partial charge in [-0.1, -0.05) is 6.42 Å². The van der Waals surface area contributed by atoms with Gasteiger partial charge in [-0.05, 0) is 19.1 Å². The fourth-order valence-corrected chi connectivity index (χ4v) is 2.94. The molecule has 0 radical (unpaired) electrons. The van der Waals surface area contributed by atoms with E-state index in [4.69, 9.17) is 0 Å². The van der Waals surface area contributed by atoms with Crippen LogP contribution in [0, 0.1) is 10.1 Å². The Kier molecular flexibility index (Phi) is 4.08. The normalized spacial score (nSPS) is 16.5. The van der Waals surface area contributed by atoms with Gasteiger partial charge in [0.2, 0.25) is 11.8 Å². The van der Waals surface area contributed by atoms with E-state index in [0.29, 0.717) is 12.5 Å². The molecule has 0 aromatic carbocycles.